The fourth-order valence-electron chi connectivity index (χ4n) is 4.56. The van der Waals surface area contributed by atoms with Crippen LogP contribution in [0.25, 0.3) is 11.1 Å². The molecule has 0 radical (unpaired) electrons. The fourth-order valence-corrected chi connectivity index (χ4v) is 4.56. The quantitative estimate of drug-likeness (QED) is 0.158. The first-order chi connectivity index (χ1) is 22.1. The lowest BCUT2D eigenvalue weighted by molar-refractivity contribution is -0.143. The van der Waals surface area contributed by atoms with E-state index in [-0.39, 0.29) is 24.5 Å². The van der Waals surface area contributed by atoms with Gasteiger partial charge in [0.1, 0.15) is 17.2 Å². The number of nitrogens with one attached hydrogen (secondary N) is 1. The van der Waals surface area contributed by atoms with E-state index in [0.717, 1.165) is 34.4 Å². The number of aromatic nitrogens is 1. The maximum atomic E-state index is 13.6. The number of halogens is 3. The molecule has 46 heavy (non-hydrogen) atoms. The SMILES string of the molecule is O=C(Nc1cc(-c2ccc(Oc3ccccc3)cc2)cn(C(COCc2ccccc2)C(=O)O)c1=O)c1ccc(C(F)(F)F)cc1. The molecule has 0 aliphatic carbocycles. The monoisotopic (exact) mass is 628 g/mol. The summed E-state index contributed by atoms with van der Waals surface area (Å²) in [6.45, 7) is -0.275. The Bertz CT molecular complexity index is 1860. The molecule has 0 aliphatic rings. The standard InChI is InChI=1S/C35H27F3N2O6/c36-35(37,38)27-15-11-25(12-16-27)32(41)39-30-19-26(24-13-17-29(18-14-24)46-28-9-5-2-6-10-28)20-40(33(30)42)31(34(43)44)22-45-21-23-7-3-1-4-8-23/h1-20,31H,21-22H2,(H,39,41)(H,43,44). The zero-order chi connectivity index (χ0) is 32.7. The number of alkyl halides is 3. The molecule has 1 amide bonds. The van der Waals surface area contributed by atoms with Gasteiger partial charge in [0.25, 0.3) is 11.5 Å². The maximum Gasteiger partial charge on any atom is 0.416 e. The molecule has 0 saturated heterocycles. The van der Waals surface area contributed by atoms with Crippen LogP contribution >= 0.6 is 0 Å². The second-order valence-corrected chi connectivity index (χ2v) is 10.2. The Morgan fingerprint density at radius 1 is 0.804 bits per heavy atom. The normalized spacial score (nSPS) is 11.9. The summed E-state index contributed by atoms with van der Waals surface area (Å²) >= 11 is 0. The first-order valence-corrected chi connectivity index (χ1v) is 14.0. The van der Waals surface area contributed by atoms with Crippen molar-refractivity contribution >= 4 is 17.6 Å². The van der Waals surface area contributed by atoms with Gasteiger partial charge in [-0.3, -0.25) is 14.2 Å². The lowest BCUT2D eigenvalue weighted by Gasteiger charge is -2.19. The molecule has 234 valence electrons. The molecule has 0 saturated carbocycles. The molecule has 4 aromatic carbocycles. The lowest BCUT2D eigenvalue weighted by Crippen LogP contribution is -2.34. The lowest BCUT2D eigenvalue weighted by atomic mass is 10.1. The molecule has 0 spiro atoms. The van der Waals surface area contributed by atoms with Crippen LogP contribution in [0, 0.1) is 0 Å². The van der Waals surface area contributed by atoms with Crippen molar-refractivity contribution < 1.29 is 37.3 Å². The first-order valence-electron chi connectivity index (χ1n) is 14.0. The average Bonchev–Trinajstić information content (AvgIpc) is 3.05. The minimum atomic E-state index is -4.59. The van der Waals surface area contributed by atoms with Gasteiger partial charge in [0.05, 0.1) is 18.8 Å². The van der Waals surface area contributed by atoms with Crippen LogP contribution in [-0.4, -0.2) is 28.2 Å². The molecule has 1 heterocycles. The van der Waals surface area contributed by atoms with Gasteiger partial charge in [-0.05, 0) is 65.7 Å². The number of hydrogen-bond donors (Lipinski definition) is 2. The van der Waals surface area contributed by atoms with Gasteiger partial charge in [-0.1, -0.05) is 60.7 Å². The summed E-state index contributed by atoms with van der Waals surface area (Å²) in [7, 11) is 0. The van der Waals surface area contributed by atoms with Crippen LogP contribution < -0.4 is 15.6 Å². The molecule has 5 rings (SSSR count). The van der Waals surface area contributed by atoms with E-state index in [4.69, 9.17) is 9.47 Å². The molecule has 1 atom stereocenters. The van der Waals surface area contributed by atoms with Gasteiger partial charge in [0.15, 0.2) is 6.04 Å². The number of hydrogen-bond acceptors (Lipinski definition) is 5. The highest BCUT2D eigenvalue weighted by atomic mass is 19.4. The number of anilines is 1. The van der Waals surface area contributed by atoms with Gasteiger partial charge in [0.2, 0.25) is 0 Å². The molecule has 0 fully saturated rings. The van der Waals surface area contributed by atoms with Gasteiger partial charge in [0, 0.05) is 17.3 Å². The van der Waals surface area contributed by atoms with E-state index in [9.17, 15) is 32.7 Å². The number of pyridine rings is 1. The van der Waals surface area contributed by atoms with Gasteiger partial charge < -0.3 is 19.9 Å². The second kappa shape index (κ2) is 14.0. The number of carbonyl (C=O) groups is 2. The van der Waals surface area contributed by atoms with E-state index < -0.39 is 35.2 Å². The van der Waals surface area contributed by atoms with Crippen LogP contribution in [0.15, 0.2) is 126 Å². The van der Waals surface area contributed by atoms with E-state index in [1.807, 2.05) is 48.5 Å². The largest absolute Gasteiger partial charge is 0.480 e. The summed E-state index contributed by atoms with van der Waals surface area (Å²) in [5, 5.41) is 12.5. The van der Waals surface area contributed by atoms with E-state index in [0.29, 0.717) is 22.6 Å². The summed E-state index contributed by atoms with van der Waals surface area (Å²) in [6, 6.07) is 28.3. The van der Waals surface area contributed by atoms with Gasteiger partial charge in [-0.15, -0.1) is 0 Å². The Kier molecular flexibility index (Phi) is 9.63. The van der Waals surface area contributed by atoms with Crippen LogP contribution in [0.4, 0.5) is 18.9 Å². The van der Waals surface area contributed by atoms with E-state index in [2.05, 4.69) is 5.32 Å². The number of carboxylic acid groups (broad SMARTS) is 1. The number of benzene rings is 4. The summed E-state index contributed by atoms with van der Waals surface area (Å²) < 4.78 is 51.5. The Morgan fingerprint density at radius 3 is 2.02 bits per heavy atom. The van der Waals surface area contributed by atoms with Crippen molar-refractivity contribution in [3.8, 4) is 22.6 Å². The minimum Gasteiger partial charge on any atom is -0.480 e. The van der Waals surface area contributed by atoms with E-state index in [1.54, 1.807) is 36.4 Å². The number of carbonyl (C=O) groups excluding carboxylic acids is 1. The number of ether oxygens (including phenoxy) is 2. The Morgan fingerprint density at radius 2 is 1.41 bits per heavy atom. The second-order valence-electron chi connectivity index (χ2n) is 10.2. The fraction of sp³-hybridized carbons (Fsp3) is 0.114. The van der Waals surface area contributed by atoms with Gasteiger partial charge >= 0.3 is 12.1 Å². The summed E-state index contributed by atoms with van der Waals surface area (Å²) in [4.78, 5) is 39.0. The first kappa shape index (κ1) is 31.7. The Labute approximate surface area is 261 Å². The smallest absolute Gasteiger partial charge is 0.416 e. The molecule has 0 bridgehead atoms. The molecular weight excluding hydrogens is 601 g/mol. The summed E-state index contributed by atoms with van der Waals surface area (Å²) in [6.07, 6.45) is -3.24. The third-order valence-corrected chi connectivity index (χ3v) is 6.94. The topological polar surface area (TPSA) is 107 Å². The van der Waals surface area contributed by atoms with Gasteiger partial charge in [-0.25, -0.2) is 4.79 Å². The zero-order valence-corrected chi connectivity index (χ0v) is 24.1. The predicted octanol–water partition coefficient (Wildman–Crippen LogP) is 7.42. The van der Waals surface area contributed by atoms with E-state index >= 15 is 0 Å². The third kappa shape index (κ3) is 7.88. The average molecular weight is 629 g/mol. The number of nitrogens with zero attached hydrogens (tertiary/aromatic N) is 1. The van der Waals surface area contributed by atoms with Crippen LogP contribution in [0.3, 0.4) is 0 Å². The number of carboxylic acids is 1. The molecule has 5 aromatic rings. The van der Waals surface area contributed by atoms with Crippen molar-refractivity contribution in [2.24, 2.45) is 0 Å². The molecule has 2 N–H and O–H groups in total. The predicted molar refractivity (Wildman–Crippen MR) is 165 cm³/mol. The van der Waals surface area contributed by atoms with Crippen molar-refractivity contribution in [1.82, 2.24) is 4.57 Å². The number of amides is 1. The molecule has 1 unspecified atom stereocenters. The van der Waals surface area contributed by atoms with Crippen LogP contribution in [0.2, 0.25) is 0 Å². The van der Waals surface area contributed by atoms with Crippen molar-refractivity contribution in [3.05, 3.63) is 149 Å². The minimum absolute atomic E-state index is 0.0967. The highest BCUT2D eigenvalue weighted by molar-refractivity contribution is 6.04. The summed E-state index contributed by atoms with van der Waals surface area (Å²) in [5.74, 6) is -1.05. The maximum absolute atomic E-state index is 13.6. The molecule has 11 heteroatoms. The number of para-hydroxylation sites is 1. The zero-order valence-electron chi connectivity index (χ0n) is 24.1. The molecular formula is C35H27F3N2O6. The Hall–Kier alpha value is -5.68. The van der Waals surface area contributed by atoms with Crippen molar-refractivity contribution in [2.45, 2.75) is 18.8 Å². The van der Waals surface area contributed by atoms with Crippen LogP contribution in [-0.2, 0) is 22.3 Å². The molecule has 1 aromatic heterocycles. The molecule has 8 nitrogen and oxygen atoms in total. The highest BCUT2D eigenvalue weighted by Gasteiger charge is 2.30. The van der Waals surface area contributed by atoms with Gasteiger partial charge in [-0.2, -0.15) is 13.2 Å². The highest BCUT2D eigenvalue weighted by Crippen LogP contribution is 2.30. The number of aliphatic carboxylic acids is 1. The Balaban J connectivity index is 1.47. The van der Waals surface area contributed by atoms with Crippen molar-refractivity contribution in [3.63, 3.8) is 0 Å². The van der Waals surface area contributed by atoms with E-state index in [1.165, 1.54) is 12.3 Å². The van der Waals surface area contributed by atoms with Crippen LogP contribution in [0.5, 0.6) is 11.5 Å². The van der Waals surface area contributed by atoms with Crippen molar-refractivity contribution in [2.75, 3.05) is 11.9 Å². The van der Waals surface area contributed by atoms with Crippen LogP contribution in [0.1, 0.15) is 27.5 Å². The summed E-state index contributed by atoms with van der Waals surface area (Å²) in [5.41, 5.74) is -0.447. The number of rotatable bonds is 11. The molecule has 0 aliphatic heterocycles. The third-order valence-electron chi connectivity index (χ3n) is 6.94. The van der Waals surface area contributed by atoms with Crippen molar-refractivity contribution in [1.29, 1.82) is 0 Å².